The smallest absolute Gasteiger partial charge is 0.408 e. The lowest BCUT2D eigenvalue weighted by molar-refractivity contribution is -0.139. The number of nitrogens with two attached hydrogens (primary N) is 1. The van der Waals surface area contributed by atoms with Crippen LogP contribution in [0.4, 0.5) is 14.0 Å². The van der Waals surface area contributed by atoms with Gasteiger partial charge in [-0.05, 0) is 89.3 Å². The SMILES string of the molecule is C=C(C)C(=O)CC[C@H](NC(=O)OC(C)(C)C)C(=O)N1CCCC1C(N)=O.CC[C@@H]1C[C@@H]1C(=O)NS(=O)(=O)C1CC1.O=C(O)N1Cc2cccc(F)c2C1.[HH].[HH].[HH]. The number of likely N-dealkylation sites (tertiary alicyclic amines) is 1. The number of ketones is 1. The maximum Gasteiger partial charge on any atom is 0.408 e. The van der Waals surface area contributed by atoms with Crippen molar-refractivity contribution in [3.63, 3.8) is 0 Å². The number of primary amides is 1. The summed E-state index contributed by atoms with van der Waals surface area (Å²) in [7, 11) is -3.32. The highest BCUT2D eigenvalue weighted by Crippen LogP contribution is 2.41. The Morgan fingerprint density at radius 3 is 2.30 bits per heavy atom. The van der Waals surface area contributed by atoms with Crippen LogP contribution in [0, 0.1) is 17.7 Å². The molecule has 1 unspecified atom stereocenters. The second kappa shape index (κ2) is 18.0. The van der Waals surface area contributed by atoms with E-state index < -0.39 is 51.7 Å². The van der Waals surface area contributed by atoms with Crippen molar-refractivity contribution in [3.8, 4) is 0 Å². The third-order valence-electron chi connectivity index (χ3n) is 9.18. The van der Waals surface area contributed by atoms with E-state index in [1.54, 1.807) is 39.8 Å². The molecule has 17 heteroatoms. The molecule has 300 valence electrons. The summed E-state index contributed by atoms with van der Waals surface area (Å²) in [5.74, 6) is -1.46. The zero-order valence-electron chi connectivity index (χ0n) is 31.0. The molecular weight excluding hydrogens is 713 g/mol. The number of alkyl carbamates (subject to hydrolysis) is 1. The van der Waals surface area contributed by atoms with Gasteiger partial charge in [0.05, 0.1) is 11.8 Å². The summed E-state index contributed by atoms with van der Waals surface area (Å²) in [6, 6.07) is 3.03. The highest BCUT2D eigenvalue weighted by atomic mass is 32.2. The molecule has 5 rings (SSSR count). The van der Waals surface area contributed by atoms with Gasteiger partial charge in [0.1, 0.15) is 23.5 Å². The third-order valence-corrected chi connectivity index (χ3v) is 11.0. The second-order valence-corrected chi connectivity index (χ2v) is 16.7. The number of halogens is 1. The first-order valence-corrected chi connectivity index (χ1v) is 19.3. The lowest BCUT2D eigenvalue weighted by Crippen LogP contribution is -2.53. The highest BCUT2D eigenvalue weighted by Gasteiger charge is 2.45. The molecule has 5 amide bonds. The van der Waals surface area contributed by atoms with E-state index >= 15 is 0 Å². The number of allylic oxidation sites excluding steroid dienone is 1. The van der Waals surface area contributed by atoms with Crippen LogP contribution in [-0.2, 0) is 47.0 Å². The molecule has 3 fully saturated rings. The van der Waals surface area contributed by atoms with E-state index in [0.29, 0.717) is 55.8 Å². The Balaban J connectivity index is 0.000000852. The number of Topliss-reactive ketones (excluding diaryl/α,β-unsaturated/α-hetero) is 1. The van der Waals surface area contributed by atoms with E-state index in [-0.39, 0.29) is 52.3 Å². The number of carboxylic acid groups (broad SMARTS) is 1. The number of carbonyl (C=O) groups is 6. The summed E-state index contributed by atoms with van der Waals surface area (Å²) in [6.07, 6.45) is 2.74. The zero-order valence-corrected chi connectivity index (χ0v) is 31.8. The molecule has 2 heterocycles. The number of sulfonamides is 1. The first-order chi connectivity index (χ1) is 24.6. The number of fused-ring (bicyclic) bond motifs is 1. The fourth-order valence-electron chi connectivity index (χ4n) is 5.94. The number of rotatable bonds is 11. The van der Waals surface area contributed by atoms with Gasteiger partial charge in [-0.2, -0.15) is 0 Å². The van der Waals surface area contributed by atoms with E-state index in [2.05, 4.69) is 16.6 Å². The Kier molecular flexibility index (Phi) is 14.6. The lowest BCUT2D eigenvalue weighted by atomic mass is 10.0. The molecule has 5 N–H and O–H groups in total. The molecule has 0 bridgehead atoms. The van der Waals surface area contributed by atoms with Crippen LogP contribution in [0.25, 0.3) is 0 Å². The van der Waals surface area contributed by atoms with E-state index in [9.17, 15) is 41.6 Å². The number of carbonyl (C=O) groups excluding carboxylic acids is 5. The van der Waals surface area contributed by atoms with Gasteiger partial charge >= 0.3 is 12.2 Å². The second-order valence-electron chi connectivity index (χ2n) is 14.8. The van der Waals surface area contributed by atoms with Crippen molar-refractivity contribution in [2.75, 3.05) is 6.54 Å². The normalized spacial score (nSPS) is 20.7. The zero-order chi connectivity index (χ0) is 39.8. The summed E-state index contributed by atoms with van der Waals surface area (Å²) in [6.45, 7) is 13.1. The number of amides is 5. The standard InChI is InChI=1S/C18H29N3O5.C9H8FNO2.C9H15NO3S.3H2/c1-11(2)14(22)9-8-12(20-17(25)26-18(3,4)5)16(24)21-10-6-7-13(21)15(19)23;10-8-3-1-2-6-4-11(9(12)13)5-7(6)8;1-2-6-5-8(6)9(11)10-14(12,13)7-3-4-7;;;/h12-13H,1,6-10H2,2-5H3,(H2,19,23)(H,20,25);1-3H,4-5H2,(H,12,13);6-8H,2-5H2,1H3,(H,10,11);3*1H/t12-,13?;;6-,8+;;;/m0.1.../s1. The van der Waals surface area contributed by atoms with E-state index in [0.717, 1.165) is 18.4 Å². The van der Waals surface area contributed by atoms with Gasteiger partial charge in [-0.3, -0.25) is 28.8 Å². The molecule has 4 atom stereocenters. The Labute approximate surface area is 314 Å². The number of ether oxygens (including phenoxy) is 1. The van der Waals surface area contributed by atoms with Crippen molar-refractivity contribution in [2.45, 2.75) is 122 Å². The minimum atomic E-state index is -3.32. The van der Waals surface area contributed by atoms with Gasteiger partial charge in [0.15, 0.2) is 5.78 Å². The average molecular weight is 772 g/mol. The maximum absolute atomic E-state index is 13.1. The molecule has 15 nitrogen and oxygen atoms in total. The van der Waals surface area contributed by atoms with Gasteiger partial charge in [0, 0.05) is 35.3 Å². The van der Waals surface area contributed by atoms with Crippen LogP contribution in [0.5, 0.6) is 0 Å². The maximum atomic E-state index is 13.1. The van der Waals surface area contributed by atoms with Crippen LogP contribution < -0.4 is 15.8 Å². The van der Waals surface area contributed by atoms with Crippen molar-refractivity contribution in [1.29, 1.82) is 0 Å². The van der Waals surface area contributed by atoms with Crippen molar-refractivity contribution < 1.29 is 55.7 Å². The first-order valence-electron chi connectivity index (χ1n) is 17.7. The molecule has 0 spiro atoms. The molecule has 53 heavy (non-hydrogen) atoms. The molecule has 4 aliphatic rings. The average Bonchev–Trinajstić information content (AvgIpc) is 3.97. The predicted molar refractivity (Wildman–Crippen MR) is 198 cm³/mol. The summed E-state index contributed by atoms with van der Waals surface area (Å²) < 4.78 is 43.3. The number of nitrogens with one attached hydrogen (secondary N) is 2. The van der Waals surface area contributed by atoms with E-state index in [1.807, 2.05) is 6.92 Å². The van der Waals surface area contributed by atoms with Crippen molar-refractivity contribution in [3.05, 3.63) is 47.3 Å². The summed E-state index contributed by atoms with van der Waals surface area (Å²) in [5, 5.41) is 10.9. The fraction of sp³-hybridized carbons (Fsp3) is 0.611. The van der Waals surface area contributed by atoms with E-state index in [1.165, 1.54) is 15.9 Å². The Hall–Kier alpha value is -4.54. The van der Waals surface area contributed by atoms with Crippen molar-refractivity contribution in [1.82, 2.24) is 19.8 Å². The van der Waals surface area contributed by atoms with Gasteiger partial charge in [0.25, 0.3) is 0 Å². The molecule has 1 aromatic carbocycles. The Bertz CT molecular complexity index is 1710. The summed E-state index contributed by atoms with van der Waals surface area (Å²) in [4.78, 5) is 72.9. The van der Waals surface area contributed by atoms with Crippen LogP contribution in [0.15, 0.2) is 30.4 Å². The van der Waals surface area contributed by atoms with Crippen LogP contribution >= 0.6 is 0 Å². The van der Waals surface area contributed by atoms with Crippen molar-refractivity contribution >= 4 is 45.7 Å². The number of nitrogens with zero attached hydrogens (tertiary/aromatic N) is 2. The fourth-order valence-corrected chi connectivity index (χ4v) is 7.29. The van der Waals surface area contributed by atoms with E-state index in [4.69, 9.17) is 15.6 Å². The van der Waals surface area contributed by atoms with Gasteiger partial charge in [-0.1, -0.05) is 32.1 Å². The minimum Gasteiger partial charge on any atom is -0.465 e. The first kappa shape index (κ1) is 42.9. The topological polar surface area (TPSA) is 223 Å². The summed E-state index contributed by atoms with van der Waals surface area (Å²) >= 11 is 0. The molecule has 1 saturated heterocycles. The molecule has 0 aromatic heterocycles. The summed E-state index contributed by atoms with van der Waals surface area (Å²) in [5.41, 5.74) is 6.28. The molecular formula is C36H58FN5O10S. The highest BCUT2D eigenvalue weighted by molar-refractivity contribution is 7.90. The lowest BCUT2D eigenvalue weighted by Gasteiger charge is -2.28. The van der Waals surface area contributed by atoms with Crippen molar-refractivity contribution in [2.24, 2.45) is 17.6 Å². The monoisotopic (exact) mass is 771 g/mol. The van der Waals surface area contributed by atoms with Gasteiger partial charge in [-0.15, -0.1) is 0 Å². The predicted octanol–water partition coefficient (Wildman–Crippen LogP) is 4.48. The number of hydrogen-bond donors (Lipinski definition) is 4. The molecule has 0 radical (unpaired) electrons. The van der Waals surface area contributed by atoms with Crippen LogP contribution in [-0.4, -0.2) is 88.5 Å². The molecule has 2 saturated carbocycles. The van der Waals surface area contributed by atoms with Crippen LogP contribution in [0.2, 0.25) is 0 Å². The molecule has 1 aromatic rings. The quantitative estimate of drug-likeness (QED) is 0.231. The number of hydrogen-bond acceptors (Lipinski definition) is 9. The van der Waals surface area contributed by atoms with Crippen LogP contribution in [0.1, 0.15) is 101 Å². The largest absolute Gasteiger partial charge is 0.465 e. The van der Waals surface area contributed by atoms with Crippen LogP contribution in [0.3, 0.4) is 0 Å². The Morgan fingerprint density at radius 2 is 1.79 bits per heavy atom. The van der Waals surface area contributed by atoms with Gasteiger partial charge in [0.2, 0.25) is 27.7 Å². The van der Waals surface area contributed by atoms with Gasteiger partial charge < -0.3 is 25.8 Å². The van der Waals surface area contributed by atoms with Gasteiger partial charge in [-0.25, -0.2) is 22.4 Å². The molecule has 2 aliphatic heterocycles. The Morgan fingerprint density at radius 1 is 1.13 bits per heavy atom. The number of benzene rings is 1. The molecule has 2 aliphatic carbocycles. The third kappa shape index (κ3) is 12.8. The minimum absolute atomic E-state index is 0.